The van der Waals surface area contributed by atoms with Crippen LogP contribution in [-0.2, 0) is 37.5 Å². The number of hydrogen-bond acceptors (Lipinski definition) is 0. The van der Waals surface area contributed by atoms with Crippen molar-refractivity contribution in [2.45, 2.75) is 51.4 Å². The van der Waals surface area contributed by atoms with Gasteiger partial charge in [0.15, 0.2) is 0 Å². The van der Waals surface area contributed by atoms with E-state index in [0.29, 0.717) is 13.1 Å². The number of halogens is 2. The molecule has 0 bridgehead atoms. The van der Waals surface area contributed by atoms with Gasteiger partial charge in [-0.3, -0.25) is 0 Å². The molecular formula is C14H42Cl2N8Pt2-4. The van der Waals surface area contributed by atoms with Gasteiger partial charge in [-0.25, -0.2) is 0 Å². The first-order valence-corrected chi connectivity index (χ1v) is 13.7. The Morgan fingerprint density at radius 1 is 0.462 bits per heavy atom. The predicted octanol–water partition coefficient (Wildman–Crippen LogP) is 5.58. The molecule has 0 aromatic heterocycles. The molecule has 0 rings (SSSR count). The normalized spacial score (nSPS) is 8.15. The van der Waals surface area contributed by atoms with Crippen molar-refractivity contribution in [2.75, 3.05) is 39.3 Å². The molecule has 0 saturated carbocycles. The maximum Gasteiger partial charge on any atom is 0.0757 e. The topological polar surface area (TPSA) is 215 Å². The van der Waals surface area contributed by atoms with Crippen LogP contribution in [0.3, 0.4) is 0 Å². The van der Waals surface area contributed by atoms with E-state index in [1.807, 2.05) is 0 Å². The zero-order valence-corrected chi connectivity index (χ0v) is 21.8. The van der Waals surface area contributed by atoms with Gasteiger partial charge in [0, 0.05) is 12.8 Å². The molecule has 0 aromatic carbocycles. The van der Waals surface area contributed by atoms with Crippen molar-refractivity contribution in [2.24, 2.45) is 0 Å². The van der Waals surface area contributed by atoms with Gasteiger partial charge < -0.3 is 46.7 Å². The quantitative estimate of drug-likeness (QED) is 0.195. The predicted molar refractivity (Wildman–Crippen MR) is 111 cm³/mol. The summed E-state index contributed by atoms with van der Waals surface area (Å²) in [5, 5.41) is 4.86. The number of unbranched alkanes of at least 4 members (excludes halogenated alkanes) is 5. The smallest absolute Gasteiger partial charge is 0.0757 e. The Labute approximate surface area is 192 Å². The molecule has 8 nitrogen and oxygen atoms in total. The number of nitrogens with two attached hydrogens (primary N) is 6. The molecular weight excluding hydrogens is 741 g/mol. The van der Waals surface area contributed by atoms with Crippen LogP contribution in [0.15, 0.2) is 0 Å². The maximum absolute atomic E-state index is 7.04. The standard InChI is InChI=1S/C14H32N4.2ClH.4H2N.2Pt/c15-9-3-1-5-11-17-13-7-8-14-18-12-6-2-4-10-16;;;;;;;;/h15-18H,1-14H2;2*1H;4*1H2;;/q-2;;;4*-1;2*+1. The van der Waals surface area contributed by atoms with E-state index in [1.165, 1.54) is 64.7 Å². The van der Waals surface area contributed by atoms with Crippen LogP contribution in [0.25, 0.3) is 36.1 Å². The number of nitrogens with one attached hydrogen (secondary N) is 2. The number of hydrogen-bond donors (Lipinski definition) is 2. The molecule has 0 saturated heterocycles. The van der Waals surface area contributed by atoms with Crippen molar-refractivity contribution in [3.05, 3.63) is 36.1 Å². The van der Waals surface area contributed by atoms with Gasteiger partial charge in [0.25, 0.3) is 0 Å². The zero-order valence-electron chi connectivity index (χ0n) is 15.8. The summed E-state index contributed by atoms with van der Waals surface area (Å²) in [6, 6.07) is 0. The molecule has 14 N–H and O–H groups in total. The Morgan fingerprint density at radius 2 is 0.692 bits per heavy atom. The summed E-state index contributed by atoms with van der Waals surface area (Å²) >= 11 is 3.22. The molecule has 0 aromatic rings. The average molecular weight is 784 g/mol. The summed E-state index contributed by atoms with van der Waals surface area (Å²) in [6.07, 6.45) is 9.83. The Balaban J connectivity index is -0.0000000839. The van der Waals surface area contributed by atoms with Crippen LogP contribution in [0.1, 0.15) is 51.4 Å². The van der Waals surface area contributed by atoms with Gasteiger partial charge in [-0.05, 0) is 25.7 Å². The van der Waals surface area contributed by atoms with Gasteiger partial charge in [-0.2, -0.15) is 13.1 Å². The molecule has 0 atom stereocenters. The molecule has 0 heterocycles. The third-order valence-electron chi connectivity index (χ3n) is 3.24. The van der Waals surface area contributed by atoms with E-state index in [2.05, 4.69) is 29.5 Å². The van der Waals surface area contributed by atoms with Gasteiger partial charge in [-0.15, -0.1) is 0 Å². The van der Waals surface area contributed by atoms with Crippen molar-refractivity contribution in [3.63, 3.8) is 0 Å². The van der Waals surface area contributed by atoms with E-state index in [1.54, 1.807) is 37.5 Å². The Kier molecular flexibility index (Phi) is 99.7. The Bertz CT molecular complexity index is 153. The van der Waals surface area contributed by atoms with Crippen LogP contribution in [0.2, 0.25) is 0 Å². The van der Waals surface area contributed by atoms with E-state index in [4.69, 9.17) is 11.5 Å². The van der Waals surface area contributed by atoms with Crippen LogP contribution in [0.5, 0.6) is 0 Å². The molecule has 0 aliphatic carbocycles. The number of quaternary nitrogens is 2. The van der Waals surface area contributed by atoms with Crippen LogP contribution in [0.4, 0.5) is 0 Å². The minimum absolute atomic E-state index is 0. The SMILES string of the molecule is [Cl][Pt].[Cl][Pt].[NH-]CCCCC[NH2+]CCCC[NH2+]CCCCC[NH-].[NH2-].[NH2-].[NH2-].[NH2-]. The third kappa shape index (κ3) is 56.2. The summed E-state index contributed by atoms with van der Waals surface area (Å²) in [5.41, 5.74) is 14.1. The summed E-state index contributed by atoms with van der Waals surface area (Å²) in [5.74, 6) is 0. The van der Waals surface area contributed by atoms with Gasteiger partial charge >= 0.3 is 56.4 Å². The summed E-state index contributed by atoms with van der Waals surface area (Å²) in [7, 11) is 9.22. The zero-order chi connectivity index (χ0) is 17.3. The molecule has 0 spiro atoms. The fraction of sp³-hybridized carbons (Fsp3) is 1.00. The maximum atomic E-state index is 7.04. The largest absolute Gasteiger partial charge is 0.693 e. The van der Waals surface area contributed by atoms with Crippen LogP contribution in [0, 0.1) is 0 Å². The molecule has 0 amide bonds. The fourth-order valence-corrected chi connectivity index (χ4v) is 2.05. The van der Waals surface area contributed by atoms with Gasteiger partial charge in [0.05, 0.1) is 26.2 Å². The molecule has 0 aliphatic heterocycles. The molecule has 26 heavy (non-hydrogen) atoms. The molecule has 0 radical (unpaired) electrons. The van der Waals surface area contributed by atoms with Crippen molar-refractivity contribution < 1.29 is 48.2 Å². The van der Waals surface area contributed by atoms with Crippen molar-refractivity contribution in [1.82, 2.24) is 0 Å². The first kappa shape index (κ1) is 46.0. The van der Waals surface area contributed by atoms with Crippen LogP contribution >= 0.6 is 18.8 Å². The number of rotatable bonds is 15. The van der Waals surface area contributed by atoms with Crippen LogP contribution < -0.4 is 10.6 Å². The van der Waals surface area contributed by atoms with Gasteiger partial charge in [0.1, 0.15) is 0 Å². The third-order valence-corrected chi connectivity index (χ3v) is 3.24. The van der Waals surface area contributed by atoms with Crippen molar-refractivity contribution >= 4 is 18.8 Å². The molecule has 0 unspecified atom stereocenters. The second-order valence-electron chi connectivity index (χ2n) is 5.06. The van der Waals surface area contributed by atoms with E-state index in [0.717, 1.165) is 12.8 Å². The molecule has 176 valence electrons. The van der Waals surface area contributed by atoms with Crippen molar-refractivity contribution in [1.29, 1.82) is 0 Å². The van der Waals surface area contributed by atoms with Gasteiger partial charge in [-0.1, -0.05) is 12.8 Å². The van der Waals surface area contributed by atoms with E-state index < -0.39 is 0 Å². The minimum atomic E-state index is 0. The second kappa shape index (κ2) is 56.3. The van der Waals surface area contributed by atoms with Crippen LogP contribution in [-0.4, -0.2) is 39.3 Å². The van der Waals surface area contributed by atoms with E-state index in [-0.39, 0.29) is 24.6 Å². The van der Waals surface area contributed by atoms with E-state index >= 15 is 0 Å². The summed E-state index contributed by atoms with van der Waals surface area (Å²) in [4.78, 5) is 0. The first-order chi connectivity index (χ1) is 10.9. The monoisotopic (exact) mass is 782 g/mol. The van der Waals surface area contributed by atoms with E-state index in [9.17, 15) is 0 Å². The summed E-state index contributed by atoms with van der Waals surface area (Å²) < 4.78 is 0. The Hall–Kier alpha value is 1.64. The Morgan fingerprint density at radius 3 is 0.923 bits per heavy atom. The summed E-state index contributed by atoms with van der Waals surface area (Å²) in [6.45, 7) is 6.23. The first-order valence-electron chi connectivity index (χ1n) is 8.08. The van der Waals surface area contributed by atoms with Gasteiger partial charge in [0.2, 0.25) is 0 Å². The fourth-order valence-electron chi connectivity index (χ4n) is 2.05. The van der Waals surface area contributed by atoms with Crippen molar-refractivity contribution in [3.8, 4) is 0 Å². The second-order valence-corrected chi connectivity index (χ2v) is 5.06. The average Bonchev–Trinajstić information content (AvgIpc) is 2.59. The molecule has 0 aliphatic rings. The minimum Gasteiger partial charge on any atom is -0.693 e. The molecule has 12 heteroatoms. The molecule has 0 fully saturated rings.